The SMILES string of the molecule is N#C[C@H]1CC(=O)c2cc(Br)ccc21. The van der Waals surface area contributed by atoms with Gasteiger partial charge < -0.3 is 0 Å². The fourth-order valence-electron chi connectivity index (χ4n) is 1.59. The molecule has 0 amide bonds. The molecular formula is C10H6BrNO. The quantitative estimate of drug-likeness (QED) is 0.694. The highest BCUT2D eigenvalue weighted by Crippen LogP contribution is 2.33. The molecule has 1 aromatic carbocycles. The minimum absolute atomic E-state index is 0.0721. The Bertz CT molecular complexity index is 419. The predicted octanol–water partition coefficient (Wildman–Crippen LogP) is 2.64. The lowest BCUT2D eigenvalue weighted by molar-refractivity contribution is 0.0992. The Morgan fingerprint density at radius 3 is 3.00 bits per heavy atom. The number of hydrogen-bond donors (Lipinski definition) is 0. The second kappa shape index (κ2) is 2.97. The molecule has 3 heteroatoms. The Morgan fingerprint density at radius 2 is 2.31 bits per heavy atom. The van der Waals surface area contributed by atoms with E-state index in [9.17, 15) is 4.79 Å². The lowest BCUT2D eigenvalue weighted by Crippen LogP contribution is -1.90. The molecule has 1 aliphatic carbocycles. The zero-order valence-corrected chi connectivity index (χ0v) is 8.34. The van der Waals surface area contributed by atoms with Gasteiger partial charge in [0.05, 0.1) is 12.0 Å². The number of hydrogen-bond acceptors (Lipinski definition) is 2. The van der Waals surface area contributed by atoms with Crippen molar-refractivity contribution >= 4 is 21.7 Å². The number of fused-ring (bicyclic) bond motifs is 1. The number of halogens is 1. The van der Waals surface area contributed by atoms with Crippen LogP contribution in [0.1, 0.15) is 28.3 Å². The minimum Gasteiger partial charge on any atom is -0.294 e. The van der Waals surface area contributed by atoms with Gasteiger partial charge in [0.2, 0.25) is 0 Å². The van der Waals surface area contributed by atoms with Gasteiger partial charge in [0.25, 0.3) is 0 Å². The van der Waals surface area contributed by atoms with Crippen LogP contribution in [0, 0.1) is 11.3 Å². The average Bonchev–Trinajstić information content (AvgIpc) is 2.43. The van der Waals surface area contributed by atoms with E-state index < -0.39 is 0 Å². The summed E-state index contributed by atoms with van der Waals surface area (Å²) in [4.78, 5) is 11.4. The summed E-state index contributed by atoms with van der Waals surface area (Å²) in [6.07, 6.45) is 0.336. The largest absolute Gasteiger partial charge is 0.294 e. The maximum atomic E-state index is 11.4. The van der Waals surface area contributed by atoms with Gasteiger partial charge in [-0.15, -0.1) is 0 Å². The first-order valence-corrected chi connectivity index (χ1v) is 4.74. The van der Waals surface area contributed by atoms with Crippen LogP contribution in [0.5, 0.6) is 0 Å². The zero-order valence-electron chi connectivity index (χ0n) is 6.75. The van der Waals surface area contributed by atoms with Crippen molar-refractivity contribution in [2.24, 2.45) is 0 Å². The van der Waals surface area contributed by atoms with E-state index in [0.29, 0.717) is 12.0 Å². The molecule has 0 aromatic heterocycles. The summed E-state index contributed by atoms with van der Waals surface area (Å²) >= 11 is 3.30. The predicted molar refractivity (Wildman–Crippen MR) is 51.4 cm³/mol. The van der Waals surface area contributed by atoms with E-state index in [1.165, 1.54) is 0 Å². The Balaban J connectivity index is 2.60. The molecule has 0 radical (unpaired) electrons. The van der Waals surface area contributed by atoms with E-state index in [-0.39, 0.29) is 11.7 Å². The van der Waals surface area contributed by atoms with Crippen LogP contribution in [0.3, 0.4) is 0 Å². The number of nitrogens with zero attached hydrogens (tertiary/aromatic N) is 1. The van der Waals surface area contributed by atoms with Crippen LogP contribution in [-0.2, 0) is 0 Å². The Labute approximate surface area is 84.3 Å². The fourth-order valence-corrected chi connectivity index (χ4v) is 1.96. The molecule has 1 aromatic rings. The van der Waals surface area contributed by atoms with Gasteiger partial charge in [-0.05, 0) is 17.7 Å². The van der Waals surface area contributed by atoms with Gasteiger partial charge in [-0.1, -0.05) is 22.0 Å². The number of ketones is 1. The number of carbonyl (C=O) groups is 1. The topological polar surface area (TPSA) is 40.9 Å². The zero-order chi connectivity index (χ0) is 9.42. The fraction of sp³-hybridized carbons (Fsp3) is 0.200. The maximum Gasteiger partial charge on any atom is 0.164 e. The molecular weight excluding hydrogens is 230 g/mol. The van der Waals surface area contributed by atoms with Crippen molar-refractivity contribution in [3.05, 3.63) is 33.8 Å². The normalized spacial score (nSPS) is 19.7. The summed E-state index contributed by atoms with van der Waals surface area (Å²) in [5.74, 6) is -0.168. The molecule has 0 heterocycles. The van der Waals surface area contributed by atoms with Gasteiger partial charge in [0.1, 0.15) is 0 Å². The third-order valence-corrected chi connectivity index (χ3v) is 2.73. The van der Waals surface area contributed by atoms with E-state index >= 15 is 0 Å². The van der Waals surface area contributed by atoms with Crippen molar-refractivity contribution in [3.63, 3.8) is 0 Å². The number of Topliss-reactive ketones (excluding diaryl/α,β-unsaturated/α-hetero) is 1. The molecule has 0 N–H and O–H groups in total. The first-order chi connectivity index (χ1) is 6.22. The molecule has 13 heavy (non-hydrogen) atoms. The van der Waals surface area contributed by atoms with Crippen LogP contribution in [0.25, 0.3) is 0 Å². The van der Waals surface area contributed by atoms with Gasteiger partial charge in [-0.3, -0.25) is 4.79 Å². The smallest absolute Gasteiger partial charge is 0.164 e. The molecule has 0 aliphatic heterocycles. The molecule has 1 aliphatic rings. The molecule has 0 saturated heterocycles. The molecule has 2 rings (SSSR count). The lowest BCUT2D eigenvalue weighted by Gasteiger charge is -1.99. The molecule has 64 valence electrons. The average molecular weight is 236 g/mol. The first-order valence-electron chi connectivity index (χ1n) is 3.94. The van der Waals surface area contributed by atoms with Gasteiger partial charge in [-0.2, -0.15) is 5.26 Å². The van der Waals surface area contributed by atoms with Gasteiger partial charge in [0.15, 0.2) is 5.78 Å². The van der Waals surface area contributed by atoms with E-state index in [1.54, 1.807) is 6.07 Å². The Hall–Kier alpha value is -1.14. The van der Waals surface area contributed by atoms with Gasteiger partial charge >= 0.3 is 0 Å². The standard InChI is InChI=1S/C10H6BrNO/c11-7-1-2-8-6(5-12)3-10(13)9(8)4-7/h1-2,4,6H,3H2/t6-/m1/s1. The molecule has 0 unspecified atom stereocenters. The third kappa shape index (κ3) is 1.27. The summed E-state index contributed by atoms with van der Waals surface area (Å²) in [6, 6.07) is 7.63. The Morgan fingerprint density at radius 1 is 1.54 bits per heavy atom. The summed E-state index contributed by atoms with van der Waals surface area (Å²) in [5, 5.41) is 8.79. The van der Waals surface area contributed by atoms with Crippen molar-refractivity contribution in [1.29, 1.82) is 5.26 Å². The second-order valence-electron chi connectivity index (χ2n) is 3.04. The van der Waals surface area contributed by atoms with E-state index in [0.717, 1.165) is 10.0 Å². The summed E-state index contributed by atoms with van der Waals surface area (Å²) < 4.78 is 0.887. The monoisotopic (exact) mass is 235 g/mol. The van der Waals surface area contributed by atoms with Crippen LogP contribution in [0.2, 0.25) is 0 Å². The van der Waals surface area contributed by atoms with Gasteiger partial charge in [0, 0.05) is 16.5 Å². The number of carbonyl (C=O) groups excluding carboxylic acids is 1. The summed E-state index contributed by atoms with van der Waals surface area (Å²) in [5.41, 5.74) is 1.57. The molecule has 0 saturated carbocycles. The third-order valence-electron chi connectivity index (χ3n) is 2.24. The Kier molecular flexibility index (Phi) is 1.93. The highest BCUT2D eigenvalue weighted by atomic mass is 79.9. The van der Waals surface area contributed by atoms with Crippen LogP contribution >= 0.6 is 15.9 Å². The lowest BCUT2D eigenvalue weighted by atomic mass is 10.0. The van der Waals surface area contributed by atoms with E-state index in [2.05, 4.69) is 22.0 Å². The number of nitriles is 1. The number of rotatable bonds is 0. The molecule has 1 atom stereocenters. The van der Waals surface area contributed by atoms with Crippen LogP contribution in [0.15, 0.2) is 22.7 Å². The maximum absolute atomic E-state index is 11.4. The van der Waals surface area contributed by atoms with Crippen molar-refractivity contribution in [2.75, 3.05) is 0 Å². The molecule has 0 bridgehead atoms. The van der Waals surface area contributed by atoms with Crippen LogP contribution in [0.4, 0.5) is 0 Å². The van der Waals surface area contributed by atoms with E-state index in [1.807, 2.05) is 12.1 Å². The van der Waals surface area contributed by atoms with Crippen molar-refractivity contribution in [1.82, 2.24) is 0 Å². The first kappa shape index (κ1) is 8.46. The highest BCUT2D eigenvalue weighted by Gasteiger charge is 2.28. The van der Waals surface area contributed by atoms with Crippen molar-refractivity contribution in [2.45, 2.75) is 12.3 Å². The highest BCUT2D eigenvalue weighted by molar-refractivity contribution is 9.10. The molecule has 2 nitrogen and oxygen atoms in total. The van der Waals surface area contributed by atoms with Crippen LogP contribution in [-0.4, -0.2) is 5.78 Å². The van der Waals surface area contributed by atoms with Gasteiger partial charge in [-0.25, -0.2) is 0 Å². The van der Waals surface area contributed by atoms with E-state index in [4.69, 9.17) is 5.26 Å². The summed E-state index contributed by atoms with van der Waals surface area (Å²) in [7, 11) is 0. The second-order valence-corrected chi connectivity index (χ2v) is 3.96. The van der Waals surface area contributed by atoms with Crippen molar-refractivity contribution < 1.29 is 4.79 Å². The van der Waals surface area contributed by atoms with Crippen molar-refractivity contribution in [3.8, 4) is 6.07 Å². The number of benzene rings is 1. The summed E-state index contributed by atoms with van der Waals surface area (Å²) in [6.45, 7) is 0. The molecule has 0 fully saturated rings. The van der Waals surface area contributed by atoms with Crippen LogP contribution < -0.4 is 0 Å². The minimum atomic E-state index is -0.240. The molecule has 0 spiro atoms.